The van der Waals surface area contributed by atoms with Crippen LogP contribution in [0, 0.1) is 11.3 Å². The summed E-state index contributed by atoms with van der Waals surface area (Å²) in [6.45, 7) is 0.517. The summed E-state index contributed by atoms with van der Waals surface area (Å²) in [6.07, 6.45) is 0.569. The first kappa shape index (κ1) is 10.4. The number of nitrogen functional groups attached to an aromatic ring is 1. The van der Waals surface area contributed by atoms with E-state index in [0.29, 0.717) is 30.0 Å². The maximum Gasteiger partial charge on any atom is 0.142 e. The topological polar surface area (TPSA) is 79.3 Å². The summed E-state index contributed by atoms with van der Waals surface area (Å²) in [5.74, 6) is 0.553. The molecule has 1 rings (SSSR count). The maximum absolute atomic E-state index is 8.59. The summed E-state index contributed by atoms with van der Waals surface area (Å²) in [4.78, 5) is 0. The molecule has 0 amide bonds. The second-order valence-corrected chi connectivity index (χ2v) is 2.79. The van der Waals surface area contributed by atoms with Crippen molar-refractivity contribution in [3.05, 3.63) is 23.8 Å². The molecule has 0 aromatic heterocycles. The van der Waals surface area contributed by atoms with E-state index in [-0.39, 0.29) is 6.61 Å². The lowest BCUT2D eigenvalue weighted by Gasteiger charge is -2.07. The van der Waals surface area contributed by atoms with Crippen molar-refractivity contribution < 1.29 is 9.84 Å². The van der Waals surface area contributed by atoms with E-state index in [1.54, 1.807) is 18.2 Å². The van der Waals surface area contributed by atoms with E-state index in [4.69, 9.17) is 20.8 Å². The molecule has 0 atom stereocenters. The molecular weight excluding hydrogens is 180 g/mol. The number of nitriles is 1. The average Bonchev–Trinajstić information content (AvgIpc) is 2.20. The first-order valence-electron chi connectivity index (χ1n) is 4.31. The Balaban J connectivity index is 2.65. The van der Waals surface area contributed by atoms with Crippen LogP contribution < -0.4 is 10.5 Å². The quantitative estimate of drug-likeness (QED) is 0.548. The minimum atomic E-state index is 0.0934. The molecule has 0 aliphatic carbocycles. The molecule has 0 fully saturated rings. The molecule has 74 valence electrons. The summed E-state index contributed by atoms with van der Waals surface area (Å²) in [6, 6.07) is 6.85. The number of rotatable bonds is 4. The third kappa shape index (κ3) is 2.64. The van der Waals surface area contributed by atoms with Crippen molar-refractivity contribution in [3.8, 4) is 11.8 Å². The SMILES string of the molecule is N#Cc1ccc(OCCCO)c(N)c1. The van der Waals surface area contributed by atoms with Gasteiger partial charge < -0.3 is 15.6 Å². The van der Waals surface area contributed by atoms with Crippen molar-refractivity contribution in [1.29, 1.82) is 5.26 Å². The highest BCUT2D eigenvalue weighted by Crippen LogP contribution is 2.22. The van der Waals surface area contributed by atoms with Gasteiger partial charge in [0.2, 0.25) is 0 Å². The number of ether oxygens (including phenoxy) is 1. The largest absolute Gasteiger partial charge is 0.491 e. The Bertz CT molecular complexity index is 344. The van der Waals surface area contributed by atoms with Gasteiger partial charge in [0, 0.05) is 13.0 Å². The van der Waals surface area contributed by atoms with Gasteiger partial charge in [-0.25, -0.2) is 0 Å². The third-order valence-corrected chi connectivity index (χ3v) is 1.70. The lowest BCUT2D eigenvalue weighted by molar-refractivity contribution is 0.234. The second kappa shape index (κ2) is 5.10. The zero-order valence-electron chi connectivity index (χ0n) is 7.73. The second-order valence-electron chi connectivity index (χ2n) is 2.79. The van der Waals surface area contributed by atoms with Gasteiger partial charge >= 0.3 is 0 Å². The van der Waals surface area contributed by atoms with E-state index >= 15 is 0 Å². The highest BCUT2D eigenvalue weighted by atomic mass is 16.5. The van der Waals surface area contributed by atoms with Crippen LogP contribution in [0.1, 0.15) is 12.0 Å². The van der Waals surface area contributed by atoms with Crippen LogP contribution in [0.4, 0.5) is 5.69 Å². The van der Waals surface area contributed by atoms with Crippen molar-refractivity contribution in [3.63, 3.8) is 0 Å². The third-order valence-electron chi connectivity index (χ3n) is 1.70. The number of anilines is 1. The molecule has 3 N–H and O–H groups in total. The van der Waals surface area contributed by atoms with Gasteiger partial charge in [-0.05, 0) is 18.2 Å². The number of benzene rings is 1. The molecule has 0 aliphatic rings. The van der Waals surface area contributed by atoms with Crippen LogP contribution in [0.15, 0.2) is 18.2 Å². The van der Waals surface area contributed by atoms with Crippen molar-refractivity contribution in [2.45, 2.75) is 6.42 Å². The molecule has 0 bridgehead atoms. The zero-order valence-corrected chi connectivity index (χ0v) is 7.73. The molecule has 0 saturated heterocycles. The number of nitrogens with two attached hydrogens (primary N) is 1. The smallest absolute Gasteiger partial charge is 0.142 e. The van der Waals surface area contributed by atoms with E-state index in [2.05, 4.69) is 0 Å². The van der Waals surface area contributed by atoms with Crippen LogP contribution in [0.3, 0.4) is 0 Å². The summed E-state index contributed by atoms with van der Waals surface area (Å²) >= 11 is 0. The van der Waals surface area contributed by atoms with Gasteiger partial charge in [0.1, 0.15) is 5.75 Å². The van der Waals surface area contributed by atoms with Crippen LogP contribution in [-0.4, -0.2) is 18.3 Å². The lowest BCUT2D eigenvalue weighted by Crippen LogP contribution is -2.02. The summed E-state index contributed by atoms with van der Waals surface area (Å²) in [7, 11) is 0. The lowest BCUT2D eigenvalue weighted by atomic mass is 10.2. The normalized spacial score (nSPS) is 9.43. The molecule has 0 spiro atoms. The number of hydrogen-bond acceptors (Lipinski definition) is 4. The fourth-order valence-electron chi connectivity index (χ4n) is 0.996. The Kier molecular flexibility index (Phi) is 3.77. The minimum absolute atomic E-state index is 0.0934. The molecule has 1 aromatic carbocycles. The molecule has 0 radical (unpaired) electrons. The van der Waals surface area contributed by atoms with Crippen LogP contribution in [0.5, 0.6) is 5.75 Å². The molecule has 14 heavy (non-hydrogen) atoms. The van der Waals surface area contributed by atoms with E-state index in [9.17, 15) is 0 Å². The number of aliphatic hydroxyl groups is 1. The van der Waals surface area contributed by atoms with Crippen molar-refractivity contribution >= 4 is 5.69 Å². The monoisotopic (exact) mass is 192 g/mol. The molecule has 1 aromatic rings. The van der Waals surface area contributed by atoms with Crippen LogP contribution >= 0.6 is 0 Å². The molecule has 0 saturated carbocycles. The van der Waals surface area contributed by atoms with Gasteiger partial charge in [-0.3, -0.25) is 0 Å². The van der Waals surface area contributed by atoms with Crippen molar-refractivity contribution in [2.75, 3.05) is 18.9 Å². The van der Waals surface area contributed by atoms with E-state index < -0.39 is 0 Å². The number of nitrogens with zero attached hydrogens (tertiary/aromatic N) is 1. The molecule has 4 nitrogen and oxygen atoms in total. The fourth-order valence-corrected chi connectivity index (χ4v) is 0.996. The molecule has 0 heterocycles. The first-order chi connectivity index (χ1) is 6.77. The summed E-state index contributed by atoms with van der Waals surface area (Å²) < 4.78 is 5.28. The van der Waals surface area contributed by atoms with Crippen molar-refractivity contribution in [1.82, 2.24) is 0 Å². The standard InChI is InChI=1S/C10H12N2O2/c11-7-8-2-3-10(9(12)6-8)14-5-1-4-13/h2-3,6,13H,1,4-5,12H2. The Morgan fingerprint density at radius 2 is 2.29 bits per heavy atom. The molecule has 0 aliphatic heterocycles. The van der Waals surface area contributed by atoms with Gasteiger partial charge in [0.15, 0.2) is 0 Å². The fraction of sp³-hybridized carbons (Fsp3) is 0.300. The van der Waals surface area contributed by atoms with E-state index in [1.165, 1.54) is 0 Å². The van der Waals surface area contributed by atoms with Crippen LogP contribution in [-0.2, 0) is 0 Å². The zero-order chi connectivity index (χ0) is 10.4. The van der Waals surface area contributed by atoms with E-state index in [1.807, 2.05) is 6.07 Å². The van der Waals surface area contributed by atoms with Gasteiger partial charge in [-0.2, -0.15) is 5.26 Å². The summed E-state index contributed by atoms with van der Waals surface area (Å²) in [5, 5.41) is 17.1. The van der Waals surface area contributed by atoms with Gasteiger partial charge in [0.25, 0.3) is 0 Å². The highest BCUT2D eigenvalue weighted by molar-refractivity contribution is 5.56. The molecule has 4 heteroatoms. The van der Waals surface area contributed by atoms with E-state index in [0.717, 1.165) is 0 Å². The Morgan fingerprint density at radius 3 is 2.86 bits per heavy atom. The molecule has 0 unspecified atom stereocenters. The maximum atomic E-state index is 8.59. The van der Waals surface area contributed by atoms with Gasteiger partial charge in [-0.1, -0.05) is 0 Å². The Morgan fingerprint density at radius 1 is 1.50 bits per heavy atom. The van der Waals surface area contributed by atoms with Crippen LogP contribution in [0.2, 0.25) is 0 Å². The Hall–Kier alpha value is -1.73. The van der Waals surface area contributed by atoms with Gasteiger partial charge in [0.05, 0.1) is 23.9 Å². The highest BCUT2D eigenvalue weighted by Gasteiger charge is 2.00. The number of aliphatic hydroxyl groups excluding tert-OH is 1. The first-order valence-corrected chi connectivity index (χ1v) is 4.31. The Labute approximate surface area is 82.5 Å². The predicted molar refractivity (Wildman–Crippen MR) is 52.8 cm³/mol. The average molecular weight is 192 g/mol. The summed E-state index contributed by atoms with van der Waals surface area (Å²) in [5.41, 5.74) is 6.60. The number of hydrogen-bond donors (Lipinski definition) is 2. The van der Waals surface area contributed by atoms with Crippen LogP contribution in [0.25, 0.3) is 0 Å². The molecular formula is C10H12N2O2. The predicted octanol–water partition coefficient (Wildman–Crippen LogP) is 0.902. The minimum Gasteiger partial charge on any atom is -0.491 e. The van der Waals surface area contributed by atoms with Gasteiger partial charge in [-0.15, -0.1) is 0 Å². The van der Waals surface area contributed by atoms with Crippen molar-refractivity contribution in [2.24, 2.45) is 0 Å².